The number of amides is 1. The number of aromatic amines is 2. The quantitative estimate of drug-likeness (QED) is 0.0518. The molecule has 3 aromatic heterocycles. The van der Waals surface area contributed by atoms with Crippen molar-refractivity contribution in [2.75, 3.05) is 11.4 Å². The van der Waals surface area contributed by atoms with Crippen LogP contribution in [0.5, 0.6) is 0 Å². The van der Waals surface area contributed by atoms with Crippen LogP contribution in [0.4, 0.5) is 5.69 Å². The van der Waals surface area contributed by atoms with Gasteiger partial charge in [0, 0.05) is 40.2 Å². The molecule has 7 saturated carbocycles. The van der Waals surface area contributed by atoms with Crippen molar-refractivity contribution in [3.05, 3.63) is 86.4 Å². The summed E-state index contributed by atoms with van der Waals surface area (Å²) < 4.78 is 0.316. The predicted octanol–water partition coefficient (Wildman–Crippen LogP) is 18.8. The third kappa shape index (κ3) is 12.8. The van der Waals surface area contributed by atoms with Gasteiger partial charge in [-0.1, -0.05) is 150 Å². The number of carboxylic acid groups (broad SMARTS) is 1. The number of carbonyl (C=O) groups excluding carboxylic acids is 1. The van der Waals surface area contributed by atoms with E-state index in [1.807, 2.05) is 11.6 Å². The number of nitrogens with one attached hydrogen (secondary N) is 2. The predicted molar refractivity (Wildman–Crippen MR) is 351 cm³/mol. The second-order valence-electron chi connectivity index (χ2n) is 27.5. The van der Waals surface area contributed by atoms with Gasteiger partial charge in [0.15, 0.2) is 0 Å². The highest BCUT2D eigenvalue weighted by Gasteiger charge is 2.38. The Morgan fingerprint density at radius 2 is 1.14 bits per heavy atom. The van der Waals surface area contributed by atoms with Crippen molar-refractivity contribution >= 4 is 92.2 Å². The van der Waals surface area contributed by atoms with Gasteiger partial charge in [-0.15, -0.1) is 0 Å². The molecule has 3 N–H and O–H groups in total. The monoisotopic (exact) mass is 1160 g/mol. The molecule has 0 aromatic carbocycles. The molecule has 7 aliphatic carbocycles. The van der Waals surface area contributed by atoms with E-state index in [1.165, 1.54) is 235 Å². The van der Waals surface area contributed by atoms with Crippen molar-refractivity contribution in [3.8, 4) is 11.8 Å². The highest BCUT2D eigenvalue weighted by atomic mass is 32.2. The van der Waals surface area contributed by atoms with Crippen molar-refractivity contribution in [2.24, 2.45) is 35.5 Å². The van der Waals surface area contributed by atoms with E-state index >= 15 is 0 Å². The fourth-order valence-electron chi connectivity index (χ4n) is 17.5. The summed E-state index contributed by atoms with van der Waals surface area (Å²) in [6.07, 6.45) is 54.2. The zero-order valence-electron chi connectivity index (χ0n) is 50.3. The molecule has 2 unspecified atom stereocenters. The van der Waals surface area contributed by atoms with E-state index in [-0.39, 0.29) is 17.7 Å². The third-order valence-corrected chi connectivity index (χ3v) is 23.2. The third-order valence-electron chi connectivity index (χ3n) is 21.8. The van der Waals surface area contributed by atoms with E-state index < -0.39 is 12.5 Å². The Labute approximate surface area is 510 Å². The van der Waals surface area contributed by atoms with Gasteiger partial charge in [-0.05, 0) is 206 Å². The Morgan fingerprint density at radius 3 is 1.68 bits per heavy atom. The van der Waals surface area contributed by atoms with Crippen LogP contribution in [-0.4, -0.2) is 64.8 Å². The molecule has 84 heavy (non-hydrogen) atoms. The lowest BCUT2D eigenvalue weighted by atomic mass is 9.71. The number of thioether (sulfide) groups is 1. The zero-order chi connectivity index (χ0) is 57.1. The Hall–Kier alpha value is -5.18. The summed E-state index contributed by atoms with van der Waals surface area (Å²) in [6.45, 7) is 2.12. The summed E-state index contributed by atoms with van der Waals surface area (Å²) in [5.74, 6) is 10.4. The van der Waals surface area contributed by atoms with E-state index in [9.17, 15) is 14.7 Å². The molecule has 8 bridgehead atoms. The lowest BCUT2D eigenvalue weighted by molar-refractivity contribution is -0.140. The number of nitrogens with zero attached hydrogens (tertiary/aromatic N) is 4. The number of hydrogen-bond donors (Lipinski definition) is 3. The molecular formula is C73H92N6O3S2. The Bertz CT molecular complexity index is 3160. The van der Waals surface area contributed by atoms with Crippen molar-refractivity contribution < 1.29 is 14.7 Å². The summed E-state index contributed by atoms with van der Waals surface area (Å²) in [6, 6.07) is 10.7. The molecule has 10 aliphatic rings. The molecule has 9 nitrogen and oxygen atoms in total. The number of carbonyl (C=O) groups is 2. The van der Waals surface area contributed by atoms with Crippen molar-refractivity contribution in [3.63, 3.8) is 0 Å². The largest absolute Gasteiger partial charge is 0.480 e. The average molecular weight is 1170 g/mol. The van der Waals surface area contributed by atoms with Gasteiger partial charge >= 0.3 is 5.97 Å². The first-order valence-corrected chi connectivity index (χ1v) is 35.0. The number of H-pyrrole nitrogens is 2. The fraction of sp³-hybridized carbons (Fsp3) is 0.603. The van der Waals surface area contributed by atoms with Gasteiger partial charge in [-0.3, -0.25) is 14.5 Å². The first kappa shape index (κ1) is 57.9. The first-order chi connectivity index (χ1) is 41.2. The van der Waals surface area contributed by atoms with Crippen LogP contribution in [0.2, 0.25) is 0 Å². The number of carboxylic acids is 1. The Balaban J connectivity index is 0.913. The van der Waals surface area contributed by atoms with Crippen LogP contribution in [0.15, 0.2) is 46.9 Å². The number of rotatable bonds is 11. The maximum atomic E-state index is 13.1. The molecule has 3 aliphatic heterocycles. The van der Waals surface area contributed by atoms with E-state index in [0.29, 0.717) is 45.0 Å². The number of aliphatic carboxylic acids is 1. The number of anilines is 1. The molecule has 8 fully saturated rings. The second-order valence-corrected chi connectivity index (χ2v) is 29.2. The molecule has 3 aromatic rings. The van der Waals surface area contributed by atoms with E-state index in [0.717, 1.165) is 65.9 Å². The van der Waals surface area contributed by atoms with Crippen LogP contribution in [0, 0.1) is 47.3 Å². The lowest BCUT2D eigenvalue weighted by Crippen LogP contribution is -2.47. The van der Waals surface area contributed by atoms with Gasteiger partial charge in [-0.2, -0.15) is 0 Å². The molecule has 6 heterocycles. The highest BCUT2D eigenvalue weighted by Crippen LogP contribution is 2.47. The lowest BCUT2D eigenvalue weighted by Gasteiger charge is -2.45. The molecule has 11 heteroatoms. The van der Waals surface area contributed by atoms with Crippen LogP contribution < -0.4 is 4.90 Å². The van der Waals surface area contributed by atoms with Gasteiger partial charge in [0.1, 0.15) is 10.9 Å². The summed E-state index contributed by atoms with van der Waals surface area (Å²) in [7, 11) is 0. The van der Waals surface area contributed by atoms with E-state index in [4.69, 9.17) is 22.2 Å². The van der Waals surface area contributed by atoms with Gasteiger partial charge in [0.25, 0.3) is 5.91 Å². The number of allylic oxidation sites excluding steroid dienone is 3. The molecule has 1 saturated heterocycles. The topological polar surface area (TPSA) is 118 Å². The van der Waals surface area contributed by atoms with Crippen molar-refractivity contribution in [1.29, 1.82) is 0 Å². The van der Waals surface area contributed by atoms with E-state index in [1.54, 1.807) is 0 Å². The Morgan fingerprint density at radius 1 is 0.631 bits per heavy atom. The number of thiocarbonyl (C=S) groups is 1. The Kier molecular flexibility index (Phi) is 18.2. The normalized spacial score (nSPS) is 27.2. The summed E-state index contributed by atoms with van der Waals surface area (Å²) in [5.41, 5.74) is 15.6. The smallest absolute Gasteiger partial charge is 0.323 e. The maximum absolute atomic E-state index is 13.1. The summed E-state index contributed by atoms with van der Waals surface area (Å²) in [4.78, 5) is 49.3. The number of hydrogen-bond acceptors (Lipinski definition) is 7. The van der Waals surface area contributed by atoms with Crippen molar-refractivity contribution in [2.45, 2.75) is 236 Å². The minimum atomic E-state index is -1.06. The van der Waals surface area contributed by atoms with Gasteiger partial charge in [0.2, 0.25) is 0 Å². The molecule has 0 radical (unpaired) electrons. The summed E-state index contributed by atoms with van der Waals surface area (Å²) in [5, 5.41) is 9.38. The standard InChI is InChI=1S/C73H92N6O3S2/c1-47-15-14-24-56(43-47)79(55-32-29-49(30-33-55)44-58(51-16-6-2-7-17-51)52-18-8-3-9-19-52)71-65-41-39-63(76-65)69(53-20-10-4-11-21-53)61-37-35-59(74-61)57(60-36-38-62(75-60)70(54-22-12-5-13-23-54)64-40-42-66(71)77-64)34-31-48-25-27-50(28-26-48)45-67-72(82)78(46-68(80)81)73(83)84-67/h35-42,44-45,47-56,76-77H,2-30,32-33,43,46H2,1H3,(H,80,81). The fourth-order valence-corrected chi connectivity index (χ4v) is 18.8. The maximum Gasteiger partial charge on any atom is 0.323 e. The second kappa shape index (κ2) is 26.4. The minimum absolute atomic E-state index is 0.190. The van der Waals surface area contributed by atoms with Gasteiger partial charge in [0.05, 0.1) is 50.0 Å². The molecule has 0 spiro atoms. The van der Waals surface area contributed by atoms with Crippen LogP contribution >= 0.6 is 24.0 Å². The number of aromatic nitrogens is 4. The SMILES string of the molecule is CC1CCCC(N(c2c3ccc([nH]3)c(C3CCCCC3)c3nc(c(C#CC4CCC(C=C5SC(=S)N(CC(=O)O)C5=O)CC4)c4nc(c(C5CCCCC5)c5ccc2[nH]5)C=C4)C=C3)C2CCC(C=C(C3CCCCC3)C3CCCCC3)CC2)C1. The van der Waals surface area contributed by atoms with Crippen LogP contribution in [0.1, 0.15) is 264 Å². The summed E-state index contributed by atoms with van der Waals surface area (Å²) >= 11 is 6.62. The minimum Gasteiger partial charge on any atom is -0.480 e. The van der Waals surface area contributed by atoms with Crippen molar-refractivity contribution in [1.82, 2.24) is 24.8 Å². The average Bonchev–Trinajstić information content (AvgIpc) is 3.64. The highest BCUT2D eigenvalue weighted by molar-refractivity contribution is 8.26. The number of fused-ring (bicyclic) bond motifs is 8. The van der Waals surface area contributed by atoms with Crippen LogP contribution in [-0.2, 0) is 9.59 Å². The first-order valence-electron chi connectivity index (χ1n) is 33.8. The molecule has 1 amide bonds. The van der Waals surface area contributed by atoms with Crippen LogP contribution in [0.25, 0.3) is 46.4 Å². The van der Waals surface area contributed by atoms with E-state index in [2.05, 4.69) is 88.3 Å². The van der Waals surface area contributed by atoms with Gasteiger partial charge < -0.3 is 20.0 Å². The van der Waals surface area contributed by atoms with Gasteiger partial charge in [-0.25, -0.2) is 9.97 Å². The molecular weight excluding hydrogens is 1070 g/mol. The molecule has 444 valence electrons. The molecule has 13 rings (SSSR count). The molecule has 2 atom stereocenters. The zero-order valence-corrected chi connectivity index (χ0v) is 51.9. The van der Waals surface area contributed by atoms with Crippen LogP contribution in [0.3, 0.4) is 0 Å².